The number of nitrogens with one attached hydrogen (secondary N) is 2. The Kier molecular flexibility index (Phi) is 37.9. The number of carbonyl (C=O) groups is 2. The zero-order valence-electron chi connectivity index (χ0n) is 36.4. The maximum absolute atomic E-state index is 12.4. The molecular formula is C50H92N2O2. The molecule has 2 amide bonds. The lowest BCUT2D eigenvalue weighted by molar-refractivity contribution is -0.117. The lowest BCUT2D eigenvalue weighted by Gasteiger charge is -2.08. The maximum Gasteiger partial charge on any atom is 0.224 e. The van der Waals surface area contributed by atoms with Crippen molar-refractivity contribution < 1.29 is 9.59 Å². The third-order valence-electron chi connectivity index (χ3n) is 11.5. The van der Waals surface area contributed by atoms with Gasteiger partial charge in [-0.15, -0.1) is 0 Å². The molecule has 0 bridgehead atoms. The van der Waals surface area contributed by atoms with Gasteiger partial charge in [0.2, 0.25) is 11.8 Å². The first-order valence-corrected chi connectivity index (χ1v) is 24.4. The molecule has 0 saturated carbocycles. The molecule has 314 valence electrons. The van der Waals surface area contributed by atoms with Gasteiger partial charge in [-0.3, -0.25) is 9.59 Å². The SMILES string of the molecule is CCCCCCCCCCCCCCCCCCCCCC(=O)Nc1ccc(NC(=O)CCCCCCCCCCCCCCCCCCCCC)cc1. The van der Waals surface area contributed by atoms with Crippen LogP contribution in [-0.2, 0) is 9.59 Å². The number of rotatable bonds is 42. The van der Waals surface area contributed by atoms with Crippen molar-refractivity contribution in [3.63, 3.8) is 0 Å². The summed E-state index contributed by atoms with van der Waals surface area (Å²) in [6, 6.07) is 7.56. The van der Waals surface area contributed by atoms with Crippen LogP contribution < -0.4 is 10.6 Å². The lowest BCUT2D eigenvalue weighted by atomic mass is 10.0. The highest BCUT2D eigenvalue weighted by molar-refractivity contribution is 5.92. The average Bonchev–Trinajstić information content (AvgIpc) is 3.17. The minimum Gasteiger partial charge on any atom is -0.326 e. The Morgan fingerprint density at radius 3 is 0.648 bits per heavy atom. The predicted molar refractivity (Wildman–Crippen MR) is 240 cm³/mol. The molecule has 54 heavy (non-hydrogen) atoms. The Morgan fingerprint density at radius 2 is 0.463 bits per heavy atom. The van der Waals surface area contributed by atoms with Crippen LogP contribution in [0.3, 0.4) is 0 Å². The summed E-state index contributed by atoms with van der Waals surface area (Å²) < 4.78 is 0. The van der Waals surface area contributed by atoms with E-state index in [-0.39, 0.29) is 11.8 Å². The first kappa shape index (κ1) is 50.2. The van der Waals surface area contributed by atoms with Gasteiger partial charge in [-0.25, -0.2) is 0 Å². The van der Waals surface area contributed by atoms with E-state index in [0.29, 0.717) is 12.8 Å². The molecule has 2 N–H and O–H groups in total. The first-order valence-electron chi connectivity index (χ1n) is 24.4. The Balaban J connectivity index is 1.86. The van der Waals surface area contributed by atoms with E-state index in [1.807, 2.05) is 24.3 Å². The van der Waals surface area contributed by atoms with E-state index in [4.69, 9.17) is 0 Å². The molecule has 0 aliphatic heterocycles. The zero-order valence-corrected chi connectivity index (χ0v) is 36.4. The number of amides is 2. The number of carbonyl (C=O) groups excluding carboxylic acids is 2. The molecule has 0 radical (unpaired) electrons. The molecule has 0 heterocycles. The molecule has 4 nitrogen and oxygen atoms in total. The van der Waals surface area contributed by atoms with Crippen LogP contribution in [0.15, 0.2) is 24.3 Å². The highest BCUT2D eigenvalue weighted by Crippen LogP contribution is 2.18. The average molecular weight is 753 g/mol. The van der Waals surface area contributed by atoms with Crippen LogP contribution in [-0.4, -0.2) is 11.8 Å². The normalized spacial score (nSPS) is 11.3. The molecule has 4 heteroatoms. The van der Waals surface area contributed by atoms with Gasteiger partial charge in [-0.05, 0) is 37.1 Å². The third-order valence-corrected chi connectivity index (χ3v) is 11.5. The van der Waals surface area contributed by atoms with Crippen molar-refractivity contribution in [2.45, 2.75) is 271 Å². The van der Waals surface area contributed by atoms with Crippen molar-refractivity contribution in [2.24, 2.45) is 0 Å². The molecule has 0 fully saturated rings. The van der Waals surface area contributed by atoms with Crippen LogP contribution in [0.5, 0.6) is 0 Å². The largest absolute Gasteiger partial charge is 0.326 e. The Bertz CT molecular complexity index is 854. The van der Waals surface area contributed by atoms with Crippen molar-refractivity contribution in [1.82, 2.24) is 0 Å². The standard InChI is InChI=1S/C50H92N2O2/c1-3-5-7-9-11-13-15-17-19-21-23-25-27-29-31-33-35-37-39-41-49(53)51-47-43-45-48(46-44-47)52-50(54)42-40-38-36-34-32-30-28-26-24-22-20-18-16-14-12-10-8-6-4-2/h43-46H,3-42H2,1-2H3,(H,51,53)(H,52,54). The fourth-order valence-corrected chi connectivity index (χ4v) is 7.81. The quantitative estimate of drug-likeness (QED) is 0.0653. The molecule has 0 aliphatic carbocycles. The van der Waals surface area contributed by atoms with Gasteiger partial charge in [-0.1, -0.05) is 245 Å². The van der Waals surface area contributed by atoms with Crippen LogP contribution in [0.2, 0.25) is 0 Å². The summed E-state index contributed by atoms with van der Waals surface area (Å²) >= 11 is 0. The predicted octanol–water partition coefficient (Wildman–Crippen LogP) is 17.2. The summed E-state index contributed by atoms with van der Waals surface area (Å²) in [6.07, 6.45) is 52.9. The van der Waals surface area contributed by atoms with Gasteiger partial charge >= 0.3 is 0 Å². The fraction of sp³-hybridized carbons (Fsp3) is 0.840. The summed E-state index contributed by atoms with van der Waals surface area (Å²) in [6.45, 7) is 4.58. The second-order valence-corrected chi connectivity index (χ2v) is 16.9. The smallest absolute Gasteiger partial charge is 0.224 e. The monoisotopic (exact) mass is 753 g/mol. The molecule has 1 rings (SSSR count). The number of benzene rings is 1. The van der Waals surface area contributed by atoms with Crippen LogP contribution >= 0.6 is 0 Å². The fourth-order valence-electron chi connectivity index (χ4n) is 7.81. The number of hydrogen-bond donors (Lipinski definition) is 2. The molecule has 0 aromatic heterocycles. The van der Waals surface area contributed by atoms with Gasteiger partial charge in [0.15, 0.2) is 0 Å². The van der Waals surface area contributed by atoms with E-state index in [1.165, 1.54) is 218 Å². The molecular weight excluding hydrogens is 661 g/mol. The van der Waals surface area contributed by atoms with Gasteiger partial charge < -0.3 is 10.6 Å². The zero-order chi connectivity index (χ0) is 38.8. The Morgan fingerprint density at radius 1 is 0.296 bits per heavy atom. The molecule has 0 unspecified atom stereocenters. The molecule has 0 saturated heterocycles. The summed E-state index contributed by atoms with van der Waals surface area (Å²) in [5, 5.41) is 6.04. The lowest BCUT2D eigenvalue weighted by Crippen LogP contribution is -2.12. The van der Waals surface area contributed by atoms with E-state index in [2.05, 4.69) is 24.5 Å². The van der Waals surface area contributed by atoms with Crippen LogP contribution in [0.1, 0.15) is 271 Å². The minimum absolute atomic E-state index is 0.0862. The number of unbranched alkanes of at least 4 members (excludes halogenated alkanes) is 36. The van der Waals surface area contributed by atoms with E-state index >= 15 is 0 Å². The van der Waals surface area contributed by atoms with Crippen molar-refractivity contribution in [3.8, 4) is 0 Å². The second-order valence-electron chi connectivity index (χ2n) is 16.9. The second kappa shape index (κ2) is 40.8. The van der Waals surface area contributed by atoms with Crippen LogP contribution in [0.25, 0.3) is 0 Å². The topological polar surface area (TPSA) is 58.2 Å². The Hall–Kier alpha value is -1.84. The van der Waals surface area contributed by atoms with Crippen molar-refractivity contribution in [3.05, 3.63) is 24.3 Å². The maximum atomic E-state index is 12.4. The molecule has 1 aromatic carbocycles. The summed E-state index contributed by atoms with van der Waals surface area (Å²) in [5.41, 5.74) is 1.60. The summed E-state index contributed by atoms with van der Waals surface area (Å²) in [5.74, 6) is 0.172. The molecule has 1 aromatic rings. The van der Waals surface area contributed by atoms with Gasteiger partial charge in [0, 0.05) is 24.2 Å². The number of hydrogen-bond acceptors (Lipinski definition) is 2. The van der Waals surface area contributed by atoms with E-state index in [1.54, 1.807) is 0 Å². The van der Waals surface area contributed by atoms with Gasteiger partial charge in [0.05, 0.1) is 0 Å². The minimum atomic E-state index is 0.0862. The van der Waals surface area contributed by atoms with Crippen molar-refractivity contribution in [2.75, 3.05) is 10.6 Å². The molecule has 0 spiro atoms. The van der Waals surface area contributed by atoms with Gasteiger partial charge in [-0.2, -0.15) is 0 Å². The highest BCUT2D eigenvalue weighted by atomic mass is 16.2. The third kappa shape index (κ3) is 35.8. The van der Waals surface area contributed by atoms with E-state index < -0.39 is 0 Å². The van der Waals surface area contributed by atoms with E-state index in [9.17, 15) is 9.59 Å². The van der Waals surface area contributed by atoms with E-state index in [0.717, 1.165) is 37.1 Å². The van der Waals surface area contributed by atoms with Crippen molar-refractivity contribution >= 4 is 23.2 Å². The number of anilines is 2. The summed E-state index contributed by atoms with van der Waals surface area (Å²) in [7, 11) is 0. The Labute approximate surface area is 337 Å². The van der Waals surface area contributed by atoms with Crippen LogP contribution in [0, 0.1) is 0 Å². The van der Waals surface area contributed by atoms with Crippen LogP contribution in [0.4, 0.5) is 11.4 Å². The van der Waals surface area contributed by atoms with Crippen molar-refractivity contribution in [1.29, 1.82) is 0 Å². The van der Waals surface area contributed by atoms with Gasteiger partial charge in [0.1, 0.15) is 0 Å². The first-order chi connectivity index (χ1) is 26.7. The summed E-state index contributed by atoms with van der Waals surface area (Å²) in [4.78, 5) is 24.8. The molecule has 0 atom stereocenters. The van der Waals surface area contributed by atoms with Gasteiger partial charge in [0.25, 0.3) is 0 Å². The molecule has 0 aliphatic rings. The highest BCUT2D eigenvalue weighted by Gasteiger charge is 2.06.